The molecule has 0 saturated heterocycles. The third-order valence-corrected chi connectivity index (χ3v) is 4.01. The van der Waals surface area contributed by atoms with Crippen LogP contribution < -0.4 is 9.47 Å². The van der Waals surface area contributed by atoms with Crippen LogP contribution in [0.1, 0.15) is 0 Å². The average Bonchev–Trinajstić information content (AvgIpc) is 2.46. The Morgan fingerprint density at radius 2 is 1.17 bits per heavy atom. The fourth-order valence-electron chi connectivity index (χ4n) is 1.66. The molecule has 0 N–H and O–H groups in total. The second kappa shape index (κ2) is 5.69. The number of hydrogen-bond acceptors (Lipinski definition) is 3. The van der Waals surface area contributed by atoms with Gasteiger partial charge in [-0.15, -0.1) is 0 Å². The first-order valence-corrected chi connectivity index (χ1v) is 6.60. The standard InChI is InChI=1S/C14H14O3S/c1-16-11-7-3-5-9-13(11)18(15)14-10-6-4-8-12(14)17-2/h3-10H,1-2H3. The monoisotopic (exact) mass is 262 g/mol. The van der Waals surface area contributed by atoms with Gasteiger partial charge >= 0.3 is 0 Å². The predicted molar refractivity (Wildman–Crippen MR) is 70.7 cm³/mol. The molecule has 18 heavy (non-hydrogen) atoms. The number of benzene rings is 2. The first kappa shape index (κ1) is 12.6. The minimum Gasteiger partial charge on any atom is -0.495 e. The Morgan fingerprint density at radius 3 is 1.56 bits per heavy atom. The predicted octanol–water partition coefficient (Wildman–Crippen LogP) is 2.87. The van der Waals surface area contributed by atoms with Crippen molar-refractivity contribution in [2.75, 3.05) is 14.2 Å². The minimum atomic E-state index is -1.32. The molecule has 0 amide bonds. The molecule has 0 unspecified atom stereocenters. The van der Waals surface area contributed by atoms with E-state index in [9.17, 15) is 4.21 Å². The third-order valence-electron chi connectivity index (χ3n) is 2.54. The highest BCUT2D eigenvalue weighted by Gasteiger charge is 2.15. The van der Waals surface area contributed by atoms with Crippen molar-refractivity contribution in [2.45, 2.75) is 9.79 Å². The van der Waals surface area contributed by atoms with Gasteiger partial charge in [-0.2, -0.15) is 0 Å². The van der Waals surface area contributed by atoms with Gasteiger partial charge in [0, 0.05) is 0 Å². The maximum atomic E-state index is 12.6. The van der Waals surface area contributed by atoms with Crippen molar-refractivity contribution in [1.82, 2.24) is 0 Å². The van der Waals surface area contributed by atoms with Crippen molar-refractivity contribution in [2.24, 2.45) is 0 Å². The van der Waals surface area contributed by atoms with Crippen LogP contribution in [-0.2, 0) is 10.8 Å². The Morgan fingerprint density at radius 1 is 0.778 bits per heavy atom. The van der Waals surface area contributed by atoms with Gasteiger partial charge in [-0.25, -0.2) is 4.21 Å². The van der Waals surface area contributed by atoms with E-state index in [1.54, 1.807) is 38.5 Å². The molecule has 4 heteroatoms. The number of methoxy groups -OCH3 is 2. The number of rotatable bonds is 4. The van der Waals surface area contributed by atoms with Crippen molar-refractivity contribution in [3.63, 3.8) is 0 Å². The molecule has 0 saturated carbocycles. The maximum Gasteiger partial charge on any atom is 0.135 e. The van der Waals surface area contributed by atoms with Gasteiger partial charge in [0.05, 0.1) is 34.8 Å². The SMILES string of the molecule is COc1ccccc1S(=O)c1ccccc1OC. The zero-order valence-corrected chi connectivity index (χ0v) is 11.1. The van der Waals surface area contributed by atoms with E-state index in [-0.39, 0.29) is 0 Å². The van der Waals surface area contributed by atoms with Crippen molar-refractivity contribution in [3.05, 3.63) is 48.5 Å². The summed E-state index contributed by atoms with van der Waals surface area (Å²) in [6, 6.07) is 14.5. The van der Waals surface area contributed by atoms with Crippen LogP contribution in [0.2, 0.25) is 0 Å². The second-order valence-electron chi connectivity index (χ2n) is 3.57. The van der Waals surface area contributed by atoms with Gasteiger partial charge in [-0.1, -0.05) is 24.3 Å². The van der Waals surface area contributed by atoms with Crippen molar-refractivity contribution in [1.29, 1.82) is 0 Å². The molecule has 0 aliphatic heterocycles. The summed E-state index contributed by atoms with van der Waals surface area (Å²) in [7, 11) is 1.82. The zero-order chi connectivity index (χ0) is 13.0. The summed E-state index contributed by atoms with van der Waals surface area (Å²) in [5.74, 6) is 1.23. The summed E-state index contributed by atoms with van der Waals surface area (Å²) < 4.78 is 23.0. The largest absolute Gasteiger partial charge is 0.495 e. The lowest BCUT2D eigenvalue weighted by Crippen LogP contribution is -1.99. The fraction of sp³-hybridized carbons (Fsp3) is 0.143. The van der Waals surface area contributed by atoms with Gasteiger partial charge in [0.2, 0.25) is 0 Å². The topological polar surface area (TPSA) is 35.5 Å². The molecule has 0 heterocycles. The van der Waals surface area contributed by atoms with E-state index in [4.69, 9.17) is 9.47 Å². The Bertz CT molecular complexity index is 517. The van der Waals surface area contributed by atoms with Gasteiger partial charge in [0.1, 0.15) is 11.5 Å². The molecular weight excluding hydrogens is 248 g/mol. The molecule has 0 fully saturated rings. The van der Waals surface area contributed by atoms with E-state index in [1.807, 2.05) is 24.3 Å². The highest BCUT2D eigenvalue weighted by molar-refractivity contribution is 7.85. The van der Waals surface area contributed by atoms with Crippen LogP contribution >= 0.6 is 0 Å². The highest BCUT2D eigenvalue weighted by atomic mass is 32.2. The summed E-state index contributed by atoms with van der Waals surface area (Å²) >= 11 is 0. The molecular formula is C14H14O3S. The zero-order valence-electron chi connectivity index (χ0n) is 10.3. The number of hydrogen-bond donors (Lipinski definition) is 0. The summed E-state index contributed by atoms with van der Waals surface area (Å²) in [5, 5.41) is 0. The lowest BCUT2D eigenvalue weighted by atomic mass is 10.3. The van der Waals surface area contributed by atoms with E-state index >= 15 is 0 Å². The van der Waals surface area contributed by atoms with Crippen LogP contribution in [0.3, 0.4) is 0 Å². The van der Waals surface area contributed by atoms with E-state index < -0.39 is 10.8 Å². The molecule has 94 valence electrons. The number of para-hydroxylation sites is 2. The molecule has 0 bridgehead atoms. The van der Waals surface area contributed by atoms with Crippen LogP contribution in [0.4, 0.5) is 0 Å². The first-order valence-electron chi connectivity index (χ1n) is 5.45. The molecule has 0 radical (unpaired) electrons. The average molecular weight is 262 g/mol. The number of ether oxygens (including phenoxy) is 2. The molecule has 0 atom stereocenters. The molecule has 2 aromatic carbocycles. The highest BCUT2D eigenvalue weighted by Crippen LogP contribution is 2.30. The van der Waals surface area contributed by atoms with Gasteiger partial charge in [0.25, 0.3) is 0 Å². The normalized spacial score (nSPS) is 10.4. The van der Waals surface area contributed by atoms with Gasteiger partial charge in [-0.05, 0) is 24.3 Å². The quantitative estimate of drug-likeness (QED) is 0.850. The Labute approximate surface area is 109 Å². The van der Waals surface area contributed by atoms with Crippen molar-refractivity contribution in [3.8, 4) is 11.5 Å². The first-order chi connectivity index (χ1) is 8.77. The van der Waals surface area contributed by atoms with Crippen molar-refractivity contribution >= 4 is 10.8 Å². The lowest BCUT2D eigenvalue weighted by Gasteiger charge is -2.10. The molecule has 0 aliphatic carbocycles. The molecule has 2 aromatic rings. The Balaban J connectivity index is 2.48. The molecule has 0 spiro atoms. The van der Waals surface area contributed by atoms with E-state index in [2.05, 4.69) is 0 Å². The molecule has 0 aromatic heterocycles. The molecule has 3 nitrogen and oxygen atoms in total. The van der Waals surface area contributed by atoms with Crippen LogP contribution in [0, 0.1) is 0 Å². The minimum absolute atomic E-state index is 0.613. The summed E-state index contributed by atoms with van der Waals surface area (Å²) in [4.78, 5) is 1.29. The van der Waals surface area contributed by atoms with E-state index in [0.717, 1.165) is 0 Å². The maximum absolute atomic E-state index is 12.6. The van der Waals surface area contributed by atoms with Crippen molar-refractivity contribution < 1.29 is 13.7 Å². The lowest BCUT2D eigenvalue weighted by molar-refractivity contribution is 0.401. The van der Waals surface area contributed by atoms with Gasteiger partial charge in [-0.3, -0.25) is 0 Å². The van der Waals surface area contributed by atoms with Crippen LogP contribution in [0.5, 0.6) is 11.5 Å². The summed E-state index contributed by atoms with van der Waals surface area (Å²) in [5.41, 5.74) is 0. The Hall–Kier alpha value is -1.81. The molecule has 0 aliphatic rings. The second-order valence-corrected chi connectivity index (χ2v) is 4.99. The van der Waals surface area contributed by atoms with E-state index in [1.165, 1.54) is 0 Å². The van der Waals surface area contributed by atoms with Crippen LogP contribution in [-0.4, -0.2) is 18.4 Å². The Kier molecular flexibility index (Phi) is 3.99. The van der Waals surface area contributed by atoms with Crippen LogP contribution in [0.15, 0.2) is 58.3 Å². The summed E-state index contributed by atoms with van der Waals surface area (Å²) in [6.45, 7) is 0. The summed E-state index contributed by atoms with van der Waals surface area (Å²) in [6.07, 6.45) is 0. The van der Waals surface area contributed by atoms with Gasteiger partial charge in [0.15, 0.2) is 0 Å². The third kappa shape index (κ3) is 2.38. The smallest absolute Gasteiger partial charge is 0.135 e. The van der Waals surface area contributed by atoms with Gasteiger partial charge < -0.3 is 9.47 Å². The van der Waals surface area contributed by atoms with E-state index in [0.29, 0.717) is 21.3 Å². The fourth-order valence-corrected chi connectivity index (χ4v) is 2.97. The molecule has 2 rings (SSSR count). The van der Waals surface area contributed by atoms with Crippen LogP contribution in [0.25, 0.3) is 0 Å².